The van der Waals surface area contributed by atoms with Crippen LogP contribution >= 0.6 is 23.4 Å². The lowest BCUT2D eigenvalue weighted by Crippen LogP contribution is -2.14. The van der Waals surface area contributed by atoms with Gasteiger partial charge in [0.2, 0.25) is 5.91 Å². The van der Waals surface area contributed by atoms with Gasteiger partial charge in [0.1, 0.15) is 5.75 Å². The molecule has 0 unspecified atom stereocenters. The van der Waals surface area contributed by atoms with Crippen LogP contribution in [0.4, 0.5) is 11.4 Å². The third-order valence-electron chi connectivity index (χ3n) is 3.65. The van der Waals surface area contributed by atoms with E-state index in [4.69, 9.17) is 20.8 Å². The number of hydrogen-bond donors (Lipinski definition) is 1. The molecule has 0 aliphatic rings. The highest BCUT2D eigenvalue weighted by molar-refractivity contribution is 7.99. The summed E-state index contributed by atoms with van der Waals surface area (Å²) in [5, 5.41) is 21.9. The number of carbonyl (C=O) groups is 1. The van der Waals surface area contributed by atoms with Crippen molar-refractivity contribution in [1.29, 1.82) is 0 Å². The van der Waals surface area contributed by atoms with Gasteiger partial charge in [-0.15, -0.1) is 10.2 Å². The number of carbonyl (C=O) groups excluding carboxylic acids is 1. The summed E-state index contributed by atoms with van der Waals surface area (Å²) in [5.74, 6) is 0.365. The molecule has 1 amide bonds. The molecule has 0 bridgehead atoms. The van der Waals surface area contributed by atoms with Gasteiger partial charge >= 0.3 is 0 Å². The number of rotatable bonds is 8. The van der Waals surface area contributed by atoms with E-state index < -0.39 is 4.92 Å². The highest BCUT2D eigenvalue weighted by Crippen LogP contribution is 2.25. The Hall–Kier alpha value is -3.11. The Morgan fingerprint density at radius 1 is 1.31 bits per heavy atom. The number of benzene rings is 2. The minimum atomic E-state index is -0.496. The summed E-state index contributed by atoms with van der Waals surface area (Å²) in [5.41, 5.74) is 0.794. The largest absolute Gasteiger partial charge is 0.482 e. The number of hydrogen-bond acceptors (Lipinski definition) is 8. The number of halogens is 1. The average molecular weight is 435 g/mol. The molecule has 1 aromatic heterocycles. The van der Waals surface area contributed by atoms with E-state index in [-0.39, 0.29) is 35.1 Å². The number of nitro benzene ring substituents is 1. The van der Waals surface area contributed by atoms with Gasteiger partial charge < -0.3 is 14.5 Å². The van der Waals surface area contributed by atoms with Crippen LogP contribution in [0.3, 0.4) is 0 Å². The Bertz CT molecular complexity index is 1040. The summed E-state index contributed by atoms with van der Waals surface area (Å²) in [6, 6.07) is 11.5. The molecule has 0 atom stereocenters. The van der Waals surface area contributed by atoms with Gasteiger partial charge in [0.15, 0.2) is 6.61 Å². The van der Waals surface area contributed by atoms with E-state index in [0.717, 1.165) is 11.8 Å². The summed E-state index contributed by atoms with van der Waals surface area (Å²) in [7, 11) is 0. The highest BCUT2D eigenvalue weighted by atomic mass is 35.5. The van der Waals surface area contributed by atoms with Crippen molar-refractivity contribution in [3.63, 3.8) is 0 Å². The third-order valence-corrected chi connectivity index (χ3v) is 4.78. The number of aryl methyl sites for hydroxylation is 1. The molecule has 0 saturated heterocycles. The molecular weight excluding hydrogens is 420 g/mol. The van der Waals surface area contributed by atoms with Crippen molar-refractivity contribution in [2.45, 2.75) is 18.8 Å². The van der Waals surface area contributed by atoms with E-state index >= 15 is 0 Å². The summed E-state index contributed by atoms with van der Waals surface area (Å²) < 4.78 is 10.9. The van der Waals surface area contributed by atoms with Crippen LogP contribution in [0.5, 0.6) is 5.75 Å². The smallest absolute Gasteiger partial charge is 0.277 e. The van der Waals surface area contributed by atoms with Gasteiger partial charge in [0.05, 0.1) is 15.7 Å². The maximum absolute atomic E-state index is 12.1. The van der Waals surface area contributed by atoms with Gasteiger partial charge in [0.25, 0.3) is 16.8 Å². The van der Waals surface area contributed by atoms with Crippen molar-refractivity contribution < 1.29 is 18.9 Å². The molecule has 11 heteroatoms. The Morgan fingerprint density at radius 3 is 2.86 bits per heavy atom. The fourth-order valence-electron chi connectivity index (χ4n) is 2.26. The zero-order valence-electron chi connectivity index (χ0n) is 15.1. The van der Waals surface area contributed by atoms with Crippen molar-refractivity contribution in [2.75, 3.05) is 11.1 Å². The third kappa shape index (κ3) is 5.69. The van der Waals surface area contributed by atoms with Crippen molar-refractivity contribution in [1.82, 2.24) is 10.2 Å². The number of thioether (sulfide) groups is 1. The van der Waals surface area contributed by atoms with Crippen LogP contribution in [0, 0.1) is 17.0 Å². The molecule has 0 saturated carbocycles. The molecule has 29 heavy (non-hydrogen) atoms. The second-order valence-corrected chi connectivity index (χ2v) is 7.11. The lowest BCUT2D eigenvalue weighted by Gasteiger charge is -2.05. The number of amides is 1. The van der Waals surface area contributed by atoms with Crippen LogP contribution in [-0.2, 0) is 11.4 Å². The standard InChI is InChI=1S/C18H15ClN4O5S/c1-11-6-7-12(8-14(11)23(25)26)20-16(24)10-29-18-22-21-17(28-18)9-27-15-5-3-2-4-13(15)19/h2-8H,9-10H2,1H3,(H,20,24). The molecule has 0 fully saturated rings. The Labute approximate surface area is 174 Å². The maximum Gasteiger partial charge on any atom is 0.277 e. The first kappa shape index (κ1) is 20.6. The molecule has 3 rings (SSSR count). The molecule has 1 N–H and O–H groups in total. The lowest BCUT2D eigenvalue weighted by atomic mass is 10.2. The molecule has 0 spiro atoms. The molecule has 150 valence electrons. The first-order valence-electron chi connectivity index (χ1n) is 8.30. The van der Waals surface area contributed by atoms with Crippen LogP contribution in [-0.4, -0.2) is 26.8 Å². The van der Waals surface area contributed by atoms with Gasteiger partial charge in [-0.1, -0.05) is 41.6 Å². The SMILES string of the molecule is Cc1ccc(NC(=O)CSc2nnc(COc3ccccc3Cl)o2)cc1[N+](=O)[O-]. The van der Waals surface area contributed by atoms with E-state index in [1.807, 2.05) is 0 Å². The summed E-state index contributed by atoms with van der Waals surface area (Å²) in [6.07, 6.45) is 0. The molecule has 1 heterocycles. The second-order valence-electron chi connectivity index (χ2n) is 5.78. The minimum Gasteiger partial charge on any atom is -0.482 e. The zero-order chi connectivity index (χ0) is 20.8. The quantitative estimate of drug-likeness (QED) is 0.317. The number of para-hydroxylation sites is 1. The first-order valence-corrected chi connectivity index (χ1v) is 9.66. The highest BCUT2D eigenvalue weighted by Gasteiger charge is 2.14. The topological polar surface area (TPSA) is 120 Å². The number of nitrogens with one attached hydrogen (secondary N) is 1. The predicted octanol–water partition coefficient (Wildman–Crippen LogP) is 4.25. The van der Waals surface area contributed by atoms with Crippen LogP contribution in [0.15, 0.2) is 52.1 Å². The molecule has 9 nitrogen and oxygen atoms in total. The Kier molecular flexibility index (Phi) is 6.68. The van der Waals surface area contributed by atoms with Gasteiger partial charge in [-0.2, -0.15) is 0 Å². The van der Waals surface area contributed by atoms with Crippen molar-refractivity contribution in [3.8, 4) is 5.75 Å². The molecule has 0 aliphatic carbocycles. The fraction of sp³-hybridized carbons (Fsp3) is 0.167. The normalized spacial score (nSPS) is 10.6. The van der Waals surface area contributed by atoms with Gasteiger partial charge in [-0.05, 0) is 25.1 Å². The van der Waals surface area contributed by atoms with Crippen molar-refractivity contribution in [2.24, 2.45) is 0 Å². The lowest BCUT2D eigenvalue weighted by molar-refractivity contribution is -0.385. The van der Waals surface area contributed by atoms with Crippen LogP contribution < -0.4 is 10.1 Å². The average Bonchev–Trinajstić information content (AvgIpc) is 3.15. The van der Waals surface area contributed by atoms with Crippen molar-refractivity contribution in [3.05, 3.63) is 69.1 Å². The van der Waals surface area contributed by atoms with E-state index in [0.29, 0.717) is 22.0 Å². The number of ether oxygens (including phenoxy) is 1. The molecule has 0 radical (unpaired) electrons. The van der Waals surface area contributed by atoms with Crippen LogP contribution in [0.2, 0.25) is 5.02 Å². The maximum atomic E-state index is 12.1. The molecule has 3 aromatic rings. The number of nitro groups is 1. The van der Waals surface area contributed by atoms with Gasteiger partial charge in [0, 0.05) is 17.3 Å². The van der Waals surface area contributed by atoms with Crippen LogP contribution in [0.25, 0.3) is 0 Å². The van der Waals surface area contributed by atoms with E-state index in [1.54, 1.807) is 43.3 Å². The minimum absolute atomic E-state index is 0.00528. The summed E-state index contributed by atoms with van der Waals surface area (Å²) >= 11 is 7.04. The number of nitrogens with zero attached hydrogens (tertiary/aromatic N) is 3. The molecule has 0 aliphatic heterocycles. The van der Waals surface area contributed by atoms with Gasteiger partial charge in [-0.3, -0.25) is 14.9 Å². The zero-order valence-corrected chi connectivity index (χ0v) is 16.7. The van der Waals surface area contributed by atoms with E-state index in [2.05, 4.69) is 15.5 Å². The van der Waals surface area contributed by atoms with E-state index in [9.17, 15) is 14.9 Å². The first-order chi connectivity index (χ1) is 13.9. The second kappa shape index (κ2) is 9.39. The summed E-state index contributed by atoms with van der Waals surface area (Å²) in [6.45, 7) is 1.67. The van der Waals surface area contributed by atoms with Crippen LogP contribution in [0.1, 0.15) is 11.5 Å². The summed E-state index contributed by atoms with van der Waals surface area (Å²) in [4.78, 5) is 22.6. The monoisotopic (exact) mass is 434 g/mol. The Morgan fingerprint density at radius 2 is 2.10 bits per heavy atom. The van der Waals surface area contributed by atoms with E-state index in [1.165, 1.54) is 6.07 Å². The fourth-order valence-corrected chi connectivity index (χ4v) is 3.04. The predicted molar refractivity (Wildman–Crippen MR) is 107 cm³/mol. The number of anilines is 1. The van der Waals surface area contributed by atoms with Crippen molar-refractivity contribution >= 4 is 40.6 Å². The number of aromatic nitrogens is 2. The molecular formula is C18H15ClN4O5S. The Balaban J connectivity index is 1.50. The molecule has 2 aromatic carbocycles. The van der Waals surface area contributed by atoms with Gasteiger partial charge in [-0.25, -0.2) is 0 Å².